The van der Waals surface area contributed by atoms with Crippen molar-refractivity contribution in [1.82, 2.24) is 0 Å². The van der Waals surface area contributed by atoms with Crippen LogP contribution in [0.25, 0.3) is 0 Å². The maximum atomic E-state index is 11.7. The molecule has 0 amide bonds. The summed E-state index contributed by atoms with van der Waals surface area (Å²) in [6.45, 7) is 0.478. The van der Waals surface area contributed by atoms with Crippen molar-refractivity contribution in [3.8, 4) is 5.75 Å². The van der Waals surface area contributed by atoms with Gasteiger partial charge in [-0.05, 0) is 24.8 Å². The number of carbonyl (C=O) groups excluding carboxylic acids is 1. The van der Waals surface area contributed by atoms with E-state index < -0.39 is 13.5 Å². The van der Waals surface area contributed by atoms with Gasteiger partial charge in [-0.2, -0.15) is 14.7 Å². The molecule has 3 N–H and O–H groups in total. The molecule has 110 valence electrons. The number of benzene rings is 1. The van der Waals surface area contributed by atoms with Gasteiger partial charge in [0.25, 0.3) is 0 Å². The van der Waals surface area contributed by atoms with Crippen LogP contribution in [0.15, 0.2) is 23.1 Å². The van der Waals surface area contributed by atoms with Gasteiger partial charge < -0.3 is 4.74 Å². The molecule has 0 aromatic heterocycles. The molecule has 2 rings (SSSR count). The van der Waals surface area contributed by atoms with Crippen molar-refractivity contribution in [2.75, 3.05) is 12.9 Å². The molecule has 1 aromatic rings. The van der Waals surface area contributed by atoms with Gasteiger partial charge in [0.05, 0.1) is 13.0 Å². The zero-order chi connectivity index (χ0) is 14.8. The second-order valence-electron chi connectivity index (χ2n) is 4.42. The average Bonchev–Trinajstić information content (AvgIpc) is 2.38. The van der Waals surface area contributed by atoms with Gasteiger partial charge in [-0.1, -0.05) is 27.7 Å². The maximum Gasteiger partial charge on any atom is 0.478 e. The largest absolute Gasteiger partial charge is 0.493 e. The SMILES string of the molecule is CSSc1cccc2c1C(CC(=O)[P+](O)(O)O)CCO2. The summed E-state index contributed by atoms with van der Waals surface area (Å²) in [5.74, 6) is 0.568. The van der Waals surface area contributed by atoms with Gasteiger partial charge in [0, 0.05) is 16.4 Å². The van der Waals surface area contributed by atoms with Gasteiger partial charge in [0.2, 0.25) is 0 Å². The topological polar surface area (TPSA) is 87.0 Å². The standard InChI is InChI=1S/C12H16O5PS2/c1-19-20-10-4-2-3-9-12(10)8(5-6-17-9)7-11(13)18(14,15)16/h2-4,8,14-16H,5-7H2,1H3/q+1. The van der Waals surface area contributed by atoms with Crippen LogP contribution in [0.1, 0.15) is 24.3 Å². The Labute approximate surface area is 125 Å². The van der Waals surface area contributed by atoms with E-state index in [4.69, 9.17) is 19.4 Å². The first-order valence-electron chi connectivity index (χ1n) is 6.00. The number of hydrogen-bond acceptors (Lipinski definition) is 7. The summed E-state index contributed by atoms with van der Waals surface area (Å²) in [5.41, 5.74) is 0.0270. The Kier molecular flexibility index (Phi) is 5.34. The molecular weight excluding hydrogens is 319 g/mol. The van der Waals surface area contributed by atoms with Crippen molar-refractivity contribution in [3.63, 3.8) is 0 Å². The molecule has 1 heterocycles. The summed E-state index contributed by atoms with van der Waals surface area (Å²) in [6, 6.07) is 5.68. The molecule has 0 aliphatic carbocycles. The van der Waals surface area contributed by atoms with Crippen LogP contribution in [0, 0.1) is 0 Å². The van der Waals surface area contributed by atoms with Crippen LogP contribution in [0.3, 0.4) is 0 Å². The molecule has 5 nitrogen and oxygen atoms in total. The molecule has 0 radical (unpaired) electrons. The normalized spacial score (nSPS) is 18.3. The van der Waals surface area contributed by atoms with Crippen molar-refractivity contribution in [2.45, 2.75) is 23.7 Å². The van der Waals surface area contributed by atoms with E-state index in [9.17, 15) is 4.79 Å². The minimum absolute atomic E-state index is 0.0837. The highest BCUT2D eigenvalue weighted by atomic mass is 33.1. The lowest BCUT2D eigenvalue weighted by atomic mass is 9.90. The first kappa shape index (κ1) is 16.1. The molecule has 0 fully saturated rings. The highest BCUT2D eigenvalue weighted by molar-refractivity contribution is 8.76. The Morgan fingerprint density at radius 3 is 2.85 bits per heavy atom. The average molecular weight is 335 g/mol. The quantitative estimate of drug-likeness (QED) is 0.563. The lowest BCUT2D eigenvalue weighted by molar-refractivity contribution is -0.114. The number of ether oxygens (including phenoxy) is 1. The van der Waals surface area contributed by atoms with E-state index in [0.29, 0.717) is 13.0 Å². The molecule has 0 spiro atoms. The van der Waals surface area contributed by atoms with E-state index in [-0.39, 0.29) is 12.3 Å². The second-order valence-corrected chi connectivity index (χ2v) is 8.49. The monoisotopic (exact) mass is 335 g/mol. The lowest BCUT2D eigenvalue weighted by Crippen LogP contribution is -2.19. The molecule has 8 heteroatoms. The summed E-state index contributed by atoms with van der Waals surface area (Å²) in [5, 5.41) is 0. The van der Waals surface area contributed by atoms with E-state index >= 15 is 0 Å². The number of carbonyl (C=O) groups is 1. The van der Waals surface area contributed by atoms with Gasteiger partial charge in [-0.25, -0.2) is 4.79 Å². The molecule has 20 heavy (non-hydrogen) atoms. The molecule has 0 saturated heterocycles. The van der Waals surface area contributed by atoms with Crippen molar-refractivity contribution in [2.24, 2.45) is 0 Å². The van der Waals surface area contributed by atoms with Crippen LogP contribution in [0.5, 0.6) is 5.75 Å². The molecule has 0 saturated carbocycles. The molecular formula is C12H16O5PS2+. The fraction of sp³-hybridized carbons (Fsp3) is 0.417. The fourth-order valence-electron chi connectivity index (χ4n) is 2.21. The summed E-state index contributed by atoms with van der Waals surface area (Å²) in [4.78, 5) is 39.9. The molecule has 1 aromatic carbocycles. The van der Waals surface area contributed by atoms with Crippen LogP contribution in [0.2, 0.25) is 0 Å². The molecule has 1 aliphatic heterocycles. The van der Waals surface area contributed by atoms with Gasteiger partial charge >= 0.3 is 13.5 Å². The highest BCUT2D eigenvalue weighted by Crippen LogP contribution is 2.51. The van der Waals surface area contributed by atoms with E-state index in [1.165, 1.54) is 0 Å². The Bertz CT molecular complexity index is 503. The Morgan fingerprint density at radius 1 is 1.45 bits per heavy atom. The smallest absolute Gasteiger partial charge is 0.478 e. The number of fused-ring (bicyclic) bond motifs is 1. The molecule has 1 unspecified atom stereocenters. The van der Waals surface area contributed by atoms with E-state index in [2.05, 4.69) is 0 Å². The third-order valence-corrected chi connectivity index (χ3v) is 5.68. The zero-order valence-electron chi connectivity index (χ0n) is 10.9. The van der Waals surface area contributed by atoms with Gasteiger partial charge in [-0.15, -0.1) is 0 Å². The third kappa shape index (κ3) is 3.67. The Balaban J connectivity index is 2.29. The van der Waals surface area contributed by atoms with Crippen LogP contribution in [-0.2, 0) is 4.79 Å². The van der Waals surface area contributed by atoms with Crippen molar-refractivity contribution < 1.29 is 24.2 Å². The molecule has 0 bridgehead atoms. The summed E-state index contributed by atoms with van der Waals surface area (Å²) >= 11 is 0. The van der Waals surface area contributed by atoms with Gasteiger partial charge in [0.15, 0.2) is 0 Å². The second kappa shape index (κ2) is 6.64. The number of hydrogen-bond donors (Lipinski definition) is 3. The van der Waals surface area contributed by atoms with E-state index in [1.54, 1.807) is 21.6 Å². The van der Waals surface area contributed by atoms with Crippen LogP contribution in [0.4, 0.5) is 0 Å². The zero-order valence-corrected chi connectivity index (χ0v) is 13.4. The van der Waals surface area contributed by atoms with Crippen molar-refractivity contribution in [1.29, 1.82) is 0 Å². The summed E-state index contributed by atoms with van der Waals surface area (Å²) < 4.78 is 5.60. The molecule has 1 aliphatic rings. The maximum absolute atomic E-state index is 11.7. The third-order valence-electron chi connectivity index (χ3n) is 3.09. The first-order valence-corrected chi connectivity index (χ1v) is 10.2. The van der Waals surface area contributed by atoms with Crippen LogP contribution < -0.4 is 4.74 Å². The van der Waals surface area contributed by atoms with Crippen LogP contribution in [-0.4, -0.2) is 33.1 Å². The minimum Gasteiger partial charge on any atom is -0.493 e. The summed E-state index contributed by atoms with van der Waals surface area (Å²) in [7, 11) is -1.24. The Hall–Kier alpha value is -0.300. The van der Waals surface area contributed by atoms with Gasteiger partial charge in [-0.3, -0.25) is 0 Å². The van der Waals surface area contributed by atoms with E-state index in [0.717, 1.165) is 16.2 Å². The fourth-order valence-corrected chi connectivity index (χ4v) is 4.32. The predicted octanol–water partition coefficient (Wildman–Crippen LogP) is 2.58. The first-order chi connectivity index (χ1) is 9.43. The van der Waals surface area contributed by atoms with Crippen molar-refractivity contribution in [3.05, 3.63) is 23.8 Å². The highest BCUT2D eigenvalue weighted by Gasteiger charge is 2.44. The van der Waals surface area contributed by atoms with Gasteiger partial charge in [0.1, 0.15) is 5.75 Å². The predicted molar refractivity (Wildman–Crippen MR) is 81.9 cm³/mol. The van der Waals surface area contributed by atoms with Crippen molar-refractivity contribution >= 4 is 35.1 Å². The molecule has 1 atom stereocenters. The number of rotatable bonds is 5. The summed E-state index contributed by atoms with van der Waals surface area (Å²) in [6.07, 6.45) is 2.49. The minimum atomic E-state index is -4.41. The lowest BCUT2D eigenvalue weighted by Gasteiger charge is -2.27. The van der Waals surface area contributed by atoms with Crippen LogP contribution >= 0.6 is 29.5 Å². The Morgan fingerprint density at radius 2 is 2.20 bits per heavy atom. The van der Waals surface area contributed by atoms with E-state index in [1.807, 2.05) is 24.5 Å².